The zero-order valence-corrected chi connectivity index (χ0v) is 11.2. The first-order valence-corrected chi connectivity index (χ1v) is 6.19. The van der Waals surface area contributed by atoms with Crippen LogP contribution in [0.4, 0.5) is 4.79 Å². The van der Waals surface area contributed by atoms with Crippen molar-refractivity contribution in [3.63, 3.8) is 0 Å². The maximum atomic E-state index is 11.0. The average molecular weight is 297 g/mol. The van der Waals surface area contributed by atoms with Gasteiger partial charge in [-0.25, -0.2) is 4.79 Å². The average Bonchev–Trinajstić information content (AvgIpc) is 2.89. The first-order valence-electron chi connectivity index (χ1n) is 5.81. The highest BCUT2D eigenvalue weighted by Gasteiger charge is 2.22. The van der Waals surface area contributed by atoms with Crippen LogP contribution in [0.3, 0.4) is 0 Å². The van der Waals surface area contributed by atoms with E-state index >= 15 is 0 Å². The van der Waals surface area contributed by atoms with Gasteiger partial charge in [0, 0.05) is 11.4 Å². The van der Waals surface area contributed by atoms with E-state index in [2.05, 4.69) is 10.2 Å². The molecule has 4 N–H and O–H groups in total. The first-order chi connectivity index (χ1) is 9.58. The number of rotatable bonds is 5. The van der Waals surface area contributed by atoms with E-state index in [1.54, 1.807) is 24.3 Å². The van der Waals surface area contributed by atoms with Gasteiger partial charge in [0.15, 0.2) is 6.10 Å². The van der Waals surface area contributed by atoms with Crippen molar-refractivity contribution in [2.45, 2.75) is 19.1 Å². The van der Waals surface area contributed by atoms with Crippen molar-refractivity contribution < 1.29 is 13.9 Å². The Kier molecular flexibility index (Phi) is 4.54. The molecule has 0 radical (unpaired) electrons. The molecule has 0 fully saturated rings. The third kappa shape index (κ3) is 3.69. The number of benzene rings is 1. The Morgan fingerprint density at radius 2 is 2.05 bits per heavy atom. The van der Waals surface area contributed by atoms with E-state index in [4.69, 9.17) is 32.2 Å². The van der Waals surface area contributed by atoms with E-state index in [1.165, 1.54) is 0 Å². The number of nitrogens with two attached hydrogens (primary N) is 2. The highest BCUT2D eigenvalue weighted by atomic mass is 35.5. The molecule has 1 aromatic heterocycles. The third-order valence-electron chi connectivity index (χ3n) is 2.53. The molecule has 2 rings (SSSR count). The van der Waals surface area contributed by atoms with Crippen molar-refractivity contribution in [3.8, 4) is 0 Å². The Morgan fingerprint density at radius 3 is 2.60 bits per heavy atom. The second-order valence-electron chi connectivity index (χ2n) is 3.99. The van der Waals surface area contributed by atoms with Gasteiger partial charge in [-0.05, 0) is 17.7 Å². The van der Waals surface area contributed by atoms with Crippen LogP contribution in [0.1, 0.15) is 23.4 Å². The minimum atomic E-state index is -0.920. The molecule has 0 saturated heterocycles. The minimum Gasteiger partial charge on any atom is -0.436 e. The highest BCUT2D eigenvalue weighted by Crippen LogP contribution is 2.22. The summed E-state index contributed by atoms with van der Waals surface area (Å²) in [6.45, 7) is 0.108. The van der Waals surface area contributed by atoms with Gasteiger partial charge in [0.2, 0.25) is 5.89 Å². The summed E-state index contributed by atoms with van der Waals surface area (Å²) < 4.78 is 10.3. The van der Waals surface area contributed by atoms with Gasteiger partial charge in [-0.3, -0.25) is 0 Å². The van der Waals surface area contributed by atoms with Crippen LogP contribution in [0.15, 0.2) is 28.7 Å². The van der Waals surface area contributed by atoms with Crippen LogP contribution in [0.25, 0.3) is 0 Å². The molecular formula is C12H13ClN4O3. The molecule has 2 aromatic rings. The molecule has 1 aromatic carbocycles. The molecule has 0 aliphatic carbocycles. The molecule has 1 amide bonds. The lowest BCUT2D eigenvalue weighted by molar-refractivity contribution is 0.0886. The predicted octanol–water partition coefficient (Wildman–Crippen LogP) is 1.56. The minimum absolute atomic E-state index is 0.108. The Bertz CT molecular complexity index is 585. The summed E-state index contributed by atoms with van der Waals surface area (Å²) in [6, 6.07) is 7.08. The normalized spacial score (nSPS) is 12.1. The van der Waals surface area contributed by atoms with Crippen LogP contribution in [0, 0.1) is 0 Å². The molecule has 0 spiro atoms. The Morgan fingerprint density at radius 1 is 1.35 bits per heavy atom. The lowest BCUT2D eigenvalue weighted by atomic mass is 10.1. The van der Waals surface area contributed by atoms with E-state index in [9.17, 15) is 4.79 Å². The van der Waals surface area contributed by atoms with Crippen LogP contribution >= 0.6 is 11.6 Å². The van der Waals surface area contributed by atoms with E-state index < -0.39 is 12.2 Å². The molecule has 20 heavy (non-hydrogen) atoms. The largest absolute Gasteiger partial charge is 0.436 e. The molecule has 1 atom stereocenters. The van der Waals surface area contributed by atoms with E-state index in [0.29, 0.717) is 11.4 Å². The van der Waals surface area contributed by atoms with Crippen molar-refractivity contribution in [1.82, 2.24) is 10.2 Å². The molecule has 0 aliphatic rings. The van der Waals surface area contributed by atoms with Gasteiger partial charge in [-0.2, -0.15) is 0 Å². The number of nitrogens with zero attached hydrogens (tertiary/aromatic N) is 2. The van der Waals surface area contributed by atoms with Gasteiger partial charge < -0.3 is 20.6 Å². The maximum Gasteiger partial charge on any atom is 0.405 e. The number of aromatic nitrogens is 2. The van der Waals surface area contributed by atoms with Crippen LogP contribution < -0.4 is 11.5 Å². The monoisotopic (exact) mass is 296 g/mol. The fourth-order valence-corrected chi connectivity index (χ4v) is 1.76. The van der Waals surface area contributed by atoms with Crippen molar-refractivity contribution in [2.75, 3.05) is 0 Å². The van der Waals surface area contributed by atoms with Crippen molar-refractivity contribution in [2.24, 2.45) is 11.5 Å². The lowest BCUT2D eigenvalue weighted by Gasteiger charge is -2.12. The van der Waals surface area contributed by atoms with Gasteiger partial charge in [-0.1, -0.05) is 23.7 Å². The number of amides is 1. The summed E-state index contributed by atoms with van der Waals surface area (Å²) in [5.41, 5.74) is 11.3. The number of carbonyl (C=O) groups excluding carboxylic acids is 1. The fraction of sp³-hybridized carbons (Fsp3) is 0.250. The zero-order chi connectivity index (χ0) is 14.5. The van der Waals surface area contributed by atoms with Crippen LogP contribution in [-0.4, -0.2) is 16.3 Å². The molecular weight excluding hydrogens is 284 g/mol. The van der Waals surface area contributed by atoms with Gasteiger partial charge in [0.1, 0.15) is 0 Å². The van der Waals surface area contributed by atoms with Crippen LogP contribution in [-0.2, 0) is 17.7 Å². The SMILES string of the molecule is NCc1nnc([C@H](Cc2ccc(Cl)cc2)OC(N)=O)o1. The molecule has 0 saturated carbocycles. The van der Waals surface area contributed by atoms with Gasteiger partial charge >= 0.3 is 6.09 Å². The smallest absolute Gasteiger partial charge is 0.405 e. The first kappa shape index (κ1) is 14.3. The van der Waals surface area contributed by atoms with Crippen molar-refractivity contribution >= 4 is 17.7 Å². The predicted molar refractivity (Wildman–Crippen MR) is 70.8 cm³/mol. The summed E-state index contributed by atoms with van der Waals surface area (Å²) in [5.74, 6) is 0.411. The number of carbonyl (C=O) groups is 1. The third-order valence-corrected chi connectivity index (χ3v) is 2.78. The maximum absolute atomic E-state index is 11.0. The van der Waals surface area contributed by atoms with E-state index in [-0.39, 0.29) is 18.3 Å². The summed E-state index contributed by atoms with van der Waals surface area (Å²) in [4.78, 5) is 11.0. The summed E-state index contributed by atoms with van der Waals surface area (Å²) in [7, 11) is 0. The summed E-state index contributed by atoms with van der Waals surface area (Å²) in [5, 5.41) is 8.14. The van der Waals surface area contributed by atoms with Crippen molar-refractivity contribution in [1.29, 1.82) is 0 Å². The van der Waals surface area contributed by atoms with Crippen LogP contribution in [0.5, 0.6) is 0 Å². The number of hydrogen-bond donors (Lipinski definition) is 2. The molecule has 7 nitrogen and oxygen atoms in total. The van der Waals surface area contributed by atoms with Crippen LogP contribution in [0.2, 0.25) is 5.02 Å². The Balaban J connectivity index is 2.18. The lowest BCUT2D eigenvalue weighted by Crippen LogP contribution is -2.19. The molecule has 0 aliphatic heterocycles. The van der Waals surface area contributed by atoms with Gasteiger partial charge in [0.05, 0.1) is 6.54 Å². The second kappa shape index (κ2) is 6.36. The molecule has 106 valence electrons. The van der Waals surface area contributed by atoms with E-state index in [1.807, 2.05) is 0 Å². The quantitative estimate of drug-likeness (QED) is 0.864. The number of primary amides is 1. The highest BCUT2D eigenvalue weighted by molar-refractivity contribution is 6.30. The number of hydrogen-bond acceptors (Lipinski definition) is 6. The molecule has 0 unspecified atom stereocenters. The molecule has 0 bridgehead atoms. The number of halogens is 1. The molecule has 8 heteroatoms. The van der Waals surface area contributed by atoms with Crippen molar-refractivity contribution in [3.05, 3.63) is 46.6 Å². The standard InChI is InChI=1S/C12H13ClN4O3/c13-8-3-1-7(2-4-8)5-9(19-12(15)18)11-17-16-10(6-14)20-11/h1-4,9H,5-6,14H2,(H2,15,18)/t9-/m0/s1. The zero-order valence-electron chi connectivity index (χ0n) is 10.5. The fourth-order valence-electron chi connectivity index (χ4n) is 1.63. The summed E-state index contributed by atoms with van der Waals surface area (Å²) in [6.07, 6.45) is -1.34. The second-order valence-corrected chi connectivity index (χ2v) is 4.43. The Labute approximate surface area is 119 Å². The summed E-state index contributed by atoms with van der Waals surface area (Å²) >= 11 is 5.81. The van der Waals surface area contributed by atoms with Gasteiger partial charge in [-0.15, -0.1) is 10.2 Å². The Hall–Kier alpha value is -2.12. The van der Waals surface area contributed by atoms with E-state index in [0.717, 1.165) is 5.56 Å². The molecule has 1 heterocycles. The van der Waals surface area contributed by atoms with Gasteiger partial charge in [0.25, 0.3) is 5.89 Å². The number of ether oxygens (including phenoxy) is 1. The topological polar surface area (TPSA) is 117 Å².